The molecule has 1 aromatic heterocycles. The van der Waals surface area contributed by atoms with Crippen LogP contribution in [-0.2, 0) is 75.8 Å². The summed E-state index contributed by atoms with van der Waals surface area (Å²) in [6, 6.07) is 12.3. The molecule has 2 N–H and O–H groups in total. The number of thiazole rings is 1. The van der Waals surface area contributed by atoms with Gasteiger partial charge in [0.1, 0.15) is 0 Å². The molecule has 0 saturated heterocycles. The minimum atomic E-state index is -0.142. The fraction of sp³-hybridized carbons (Fsp3) is 0.787. The topological polar surface area (TPSA) is 229 Å². The van der Waals surface area contributed by atoms with Crippen molar-refractivity contribution in [3.63, 3.8) is 0 Å². The summed E-state index contributed by atoms with van der Waals surface area (Å²) in [6.45, 7) is 34.7. The summed E-state index contributed by atoms with van der Waals surface area (Å²) >= 11 is 1.53. The molecule has 0 radical (unpaired) electrons. The Morgan fingerprint density at radius 1 is 0.405 bits per heavy atom. The number of aryl methyl sites for hydroxylation is 2. The van der Waals surface area contributed by atoms with Gasteiger partial charge in [-0.15, -0.1) is 10.2 Å². The molecule has 10 atom stereocenters. The van der Waals surface area contributed by atoms with Gasteiger partial charge in [0.15, 0.2) is 0 Å². The third-order valence-corrected chi connectivity index (χ3v) is 13.4. The van der Waals surface area contributed by atoms with Crippen LogP contribution < -0.4 is 4.90 Å². The summed E-state index contributed by atoms with van der Waals surface area (Å²) in [7, 11) is 0. The van der Waals surface area contributed by atoms with E-state index in [1.807, 2.05) is 88.3 Å². The molecule has 0 aliphatic carbocycles. The van der Waals surface area contributed by atoms with Crippen LogP contribution in [0.15, 0.2) is 46.6 Å². The van der Waals surface area contributed by atoms with Crippen molar-refractivity contribution >= 4 is 38.1 Å². The van der Waals surface area contributed by atoms with E-state index in [9.17, 15) is 0 Å². The van der Waals surface area contributed by atoms with Gasteiger partial charge in [0.05, 0.1) is 236 Å². The molecule has 0 amide bonds. The van der Waals surface area contributed by atoms with Gasteiger partial charge < -0.3 is 90.9 Å². The number of aliphatic hydroxyl groups is 2. The summed E-state index contributed by atoms with van der Waals surface area (Å²) in [4.78, 5) is 6.96. The molecule has 0 aliphatic heterocycles. The number of hydrogen-bond acceptors (Lipinski definition) is 23. The molecule has 1 heterocycles. The van der Waals surface area contributed by atoms with Gasteiger partial charge in [0, 0.05) is 18.8 Å². The van der Waals surface area contributed by atoms with E-state index in [-0.39, 0.29) is 74.3 Å². The Kier molecular flexibility index (Phi) is 42.2. The molecule has 0 bridgehead atoms. The summed E-state index contributed by atoms with van der Waals surface area (Å²) < 4.78 is 94.4. The summed E-state index contributed by atoms with van der Waals surface area (Å²) in [5.41, 5.74) is 4.85. The van der Waals surface area contributed by atoms with Crippen LogP contribution in [0.25, 0.3) is 10.2 Å². The smallest absolute Gasteiger partial charge is 0.231 e. The van der Waals surface area contributed by atoms with Gasteiger partial charge in [0.25, 0.3) is 0 Å². The van der Waals surface area contributed by atoms with Gasteiger partial charge >= 0.3 is 0 Å². The van der Waals surface area contributed by atoms with E-state index in [1.165, 1.54) is 11.3 Å². The Morgan fingerprint density at radius 2 is 0.774 bits per heavy atom. The lowest BCUT2D eigenvalue weighted by molar-refractivity contribution is -0.101. The van der Waals surface area contributed by atoms with Crippen molar-refractivity contribution in [2.75, 3.05) is 177 Å². The standard InChI is InChI=1S/C61H106N4O18S/c1-45-14-13-15-59-60(45)62-61(84-59)64-63-58-17-16-57(34-46(58)2)65(18-22-72-35-47(3)76-39-51(7)80-43-55(11)82-41-53(9)78-37-49(5)74-32-30-70-28-26-68-24-20-66)19-23-73-36-48(4)77-40-52(8)81-44-56(12)83-42-54(10)79-38-50(6)75-33-31-71-29-27-69-25-21-67/h13-17,34,47-56,66-67H,18-33,35-44H2,1-12H3. The van der Waals surface area contributed by atoms with Crippen molar-refractivity contribution in [3.05, 3.63) is 47.5 Å². The van der Waals surface area contributed by atoms with E-state index in [1.54, 1.807) is 0 Å². The third kappa shape index (κ3) is 36.4. The molecule has 10 unspecified atom stereocenters. The first-order valence-corrected chi connectivity index (χ1v) is 30.9. The Balaban J connectivity index is 1.36. The van der Waals surface area contributed by atoms with E-state index in [0.717, 1.165) is 32.7 Å². The molecule has 0 aliphatic rings. The molecule has 0 fully saturated rings. The molecule has 23 heteroatoms. The average Bonchev–Trinajstić information content (AvgIpc) is 3.77. The third-order valence-electron chi connectivity index (χ3n) is 12.5. The summed E-state index contributed by atoms with van der Waals surface area (Å²) in [6.07, 6.45) is -1.17. The molecule has 484 valence electrons. The molecule has 84 heavy (non-hydrogen) atoms. The number of fused-ring (bicyclic) bond motifs is 1. The number of anilines is 1. The lowest BCUT2D eigenvalue weighted by Crippen LogP contribution is -2.33. The molecule has 0 spiro atoms. The van der Waals surface area contributed by atoms with Crippen LogP contribution in [0, 0.1) is 13.8 Å². The predicted octanol–water partition coefficient (Wildman–Crippen LogP) is 8.27. The fourth-order valence-electron chi connectivity index (χ4n) is 7.65. The second kappa shape index (κ2) is 47.1. The van der Waals surface area contributed by atoms with Gasteiger partial charge in [-0.3, -0.25) is 0 Å². The number of nitrogens with zero attached hydrogens (tertiary/aromatic N) is 4. The van der Waals surface area contributed by atoms with Gasteiger partial charge in [-0.1, -0.05) is 23.5 Å². The number of aromatic nitrogens is 1. The van der Waals surface area contributed by atoms with Gasteiger partial charge in [0.2, 0.25) is 5.13 Å². The van der Waals surface area contributed by atoms with Crippen LogP contribution >= 0.6 is 11.3 Å². The van der Waals surface area contributed by atoms with Gasteiger partial charge in [-0.05, 0) is 118 Å². The van der Waals surface area contributed by atoms with Crippen molar-refractivity contribution < 1.29 is 86.0 Å². The van der Waals surface area contributed by atoms with E-state index in [2.05, 4.69) is 46.3 Å². The maximum Gasteiger partial charge on any atom is 0.231 e. The second-order valence-corrected chi connectivity index (χ2v) is 22.1. The van der Waals surface area contributed by atoms with Gasteiger partial charge in [-0.25, -0.2) is 4.98 Å². The number of aliphatic hydroxyl groups excluding tert-OH is 2. The maximum absolute atomic E-state index is 8.75. The van der Waals surface area contributed by atoms with Crippen LogP contribution in [-0.4, -0.2) is 248 Å². The lowest BCUT2D eigenvalue weighted by Gasteiger charge is -2.26. The Hall–Kier alpha value is -2.99. The number of azo groups is 1. The Labute approximate surface area is 505 Å². The van der Waals surface area contributed by atoms with Crippen LogP contribution in [0.1, 0.15) is 80.4 Å². The SMILES string of the molecule is Cc1cc(N(CCOCC(C)OCC(C)OCC(C)OCC(C)OCC(C)OCCOCCOCCO)CCOCC(C)OCC(C)OCC(C)OCC(C)OCC(C)OCCOCCOCCO)ccc1N=Nc1nc2c(C)cccc2s1. The van der Waals surface area contributed by atoms with Crippen LogP contribution in [0.4, 0.5) is 16.5 Å². The minimum Gasteiger partial charge on any atom is -0.394 e. The zero-order valence-electron chi connectivity index (χ0n) is 52.7. The van der Waals surface area contributed by atoms with E-state index in [0.29, 0.717) is 164 Å². The highest BCUT2D eigenvalue weighted by Crippen LogP contribution is 2.32. The van der Waals surface area contributed by atoms with Crippen molar-refractivity contribution in [2.24, 2.45) is 10.2 Å². The largest absolute Gasteiger partial charge is 0.394 e. The van der Waals surface area contributed by atoms with Crippen molar-refractivity contribution in [1.82, 2.24) is 4.98 Å². The number of ether oxygens (including phenoxy) is 16. The monoisotopic (exact) mass is 1210 g/mol. The number of rotatable bonds is 55. The first kappa shape index (κ1) is 75.3. The van der Waals surface area contributed by atoms with Crippen LogP contribution in [0.3, 0.4) is 0 Å². The normalized spacial score (nSPS) is 15.8. The molecule has 2 aromatic carbocycles. The number of benzene rings is 2. The van der Waals surface area contributed by atoms with Crippen molar-refractivity contribution in [3.8, 4) is 0 Å². The van der Waals surface area contributed by atoms with E-state index in [4.69, 9.17) is 91.0 Å². The zero-order valence-corrected chi connectivity index (χ0v) is 53.6. The average molecular weight is 1220 g/mol. The van der Waals surface area contributed by atoms with Crippen molar-refractivity contribution in [2.45, 2.75) is 144 Å². The molecule has 22 nitrogen and oxygen atoms in total. The molecule has 3 rings (SSSR count). The summed E-state index contributed by atoms with van der Waals surface area (Å²) in [5.74, 6) is 0. The van der Waals surface area contributed by atoms with Crippen molar-refractivity contribution in [1.29, 1.82) is 0 Å². The predicted molar refractivity (Wildman–Crippen MR) is 325 cm³/mol. The van der Waals surface area contributed by atoms with E-state index < -0.39 is 0 Å². The molecular formula is C61H106N4O18S. The minimum absolute atomic E-state index is 0.00596. The fourth-order valence-corrected chi connectivity index (χ4v) is 8.51. The van der Waals surface area contributed by atoms with Crippen LogP contribution in [0.5, 0.6) is 0 Å². The lowest BCUT2D eigenvalue weighted by atomic mass is 10.1. The highest BCUT2D eigenvalue weighted by atomic mass is 32.1. The molecular weight excluding hydrogens is 1110 g/mol. The highest BCUT2D eigenvalue weighted by molar-refractivity contribution is 7.21. The maximum atomic E-state index is 8.75. The number of para-hydroxylation sites is 1. The van der Waals surface area contributed by atoms with Gasteiger partial charge in [-0.2, -0.15) is 0 Å². The molecule has 0 saturated carbocycles. The highest BCUT2D eigenvalue weighted by Gasteiger charge is 2.17. The molecule has 3 aromatic rings. The first-order valence-electron chi connectivity index (χ1n) is 30.0. The Morgan fingerprint density at radius 3 is 1.15 bits per heavy atom. The van der Waals surface area contributed by atoms with Crippen LogP contribution in [0.2, 0.25) is 0 Å². The summed E-state index contributed by atoms with van der Waals surface area (Å²) in [5, 5.41) is 27.2. The zero-order chi connectivity index (χ0) is 61.2. The Bertz CT molecular complexity index is 2020. The number of hydrogen-bond donors (Lipinski definition) is 2. The quantitative estimate of drug-likeness (QED) is 0.0400. The van der Waals surface area contributed by atoms with E-state index >= 15 is 0 Å². The first-order chi connectivity index (χ1) is 40.6. The second-order valence-electron chi connectivity index (χ2n) is 21.1.